The Hall–Kier alpha value is -0.860. The summed E-state index contributed by atoms with van der Waals surface area (Å²) in [6.45, 7) is 5.81. The van der Waals surface area contributed by atoms with E-state index < -0.39 is 0 Å². The van der Waals surface area contributed by atoms with Crippen LogP contribution in [0.5, 0.6) is 0 Å². The molecular formula is C11H20O3. The van der Waals surface area contributed by atoms with Crippen molar-refractivity contribution in [2.75, 3.05) is 7.11 Å². The summed E-state index contributed by atoms with van der Waals surface area (Å²) in [5.41, 5.74) is 0. The first-order chi connectivity index (χ1) is 6.51. The molecule has 82 valence electrons. The number of hydrogen-bond donors (Lipinski definition) is 0. The molecule has 0 spiro atoms. The van der Waals surface area contributed by atoms with Gasteiger partial charge in [-0.05, 0) is 18.8 Å². The molecule has 3 heteroatoms. The van der Waals surface area contributed by atoms with E-state index in [1.807, 2.05) is 13.8 Å². The van der Waals surface area contributed by atoms with Gasteiger partial charge in [0.1, 0.15) is 6.29 Å². The van der Waals surface area contributed by atoms with Crippen LogP contribution in [0.15, 0.2) is 0 Å². The SMILES string of the molecule is COC(=O)[C@@H](C)C[C@@H](C)C[C@@H](C)C=O. The van der Waals surface area contributed by atoms with E-state index in [1.165, 1.54) is 7.11 Å². The van der Waals surface area contributed by atoms with E-state index >= 15 is 0 Å². The minimum atomic E-state index is -0.171. The highest BCUT2D eigenvalue weighted by molar-refractivity contribution is 5.71. The van der Waals surface area contributed by atoms with Gasteiger partial charge in [-0.25, -0.2) is 0 Å². The van der Waals surface area contributed by atoms with Gasteiger partial charge in [0.15, 0.2) is 0 Å². The lowest BCUT2D eigenvalue weighted by Crippen LogP contribution is -2.17. The minimum Gasteiger partial charge on any atom is -0.469 e. The highest BCUT2D eigenvalue weighted by Crippen LogP contribution is 2.19. The number of rotatable bonds is 6. The van der Waals surface area contributed by atoms with Crippen LogP contribution >= 0.6 is 0 Å². The van der Waals surface area contributed by atoms with Crippen molar-refractivity contribution >= 4 is 12.3 Å². The number of esters is 1. The number of ether oxygens (including phenoxy) is 1. The Morgan fingerprint density at radius 3 is 2.29 bits per heavy atom. The van der Waals surface area contributed by atoms with Gasteiger partial charge in [-0.15, -0.1) is 0 Å². The zero-order chi connectivity index (χ0) is 11.1. The Morgan fingerprint density at radius 2 is 1.86 bits per heavy atom. The molecule has 0 aliphatic rings. The molecule has 0 heterocycles. The van der Waals surface area contributed by atoms with Crippen LogP contribution in [-0.2, 0) is 14.3 Å². The Labute approximate surface area is 85.8 Å². The van der Waals surface area contributed by atoms with Crippen molar-refractivity contribution in [3.8, 4) is 0 Å². The molecule has 3 nitrogen and oxygen atoms in total. The zero-order valence-corrected chi connectivity index (χ0v) is 9.45. The Kier molecular flexibility index (Phi) is 6.17. The van der Waals surface area contributed by atoms with Crippen LogP contribution in [0.3, 0.4) is 0 Å². The molecule has 0 saturated heterocycles. The van der Waals surface area contributed by atoms with Gasteiger partial charge in [-0.2, -0.15) is 0 Å². The van der Waals surface area contributed by atoms with Crippen LogP contribution in [0.1, 0.15) is 33.6 Å². The normalized spacial score (nSPS) is 16.9. The van der Waals surface area contributed by atoms with E-state index in [9.17, 15) is 9.59 Å². The third kappa shape index (κ3) is 5.00. The van der Waals surface area contributed by atoms with Gasteiger partial charge in [0, 0.05) is 5.92 Å². The molecule has 14 heavy (non-hydrogen) atoms. The van der Waals surface area contributed by atoms with Crippen molar-refractivity contribution in [3.63, 3.8) is 0 Å². The largest absolute Gasteiger partial charge is 0.469 e. The van der Waals surface area contributed by atoms with Gasteiger partial charge in [-0.1, -0.05) is 20.8 Å². The van der Waals surface area contributed by atoms with Crippen molar-refractivity contribution in [1.29, 1.82) is 0 Å². The minimum absolute atomic E-state index is 0.0751. The molecule has 0 amide bonds. The average molecular weight is 200 g/mol. The Morgan fingerprint density at radius 1 is 1.29 bits per heavy atom. The summed E-state index contributed by atoms with van der Waals surface area (Å²) in [5.74, 6) is 0.212. The molecule has 0 aromatic heterocycles. The second-order valence-corrected chi connectivity index (χ2v) is 4.11. The molecule has 0 aromatic carbocycles. The van der Waals surface area contributed by atoms with Crippen LogP contribution < -0.4 is 0 Å². The van der Waals surface area contributed by atoms with E-state index in [2.05, 4.69) is 11.7 Å². The van der Waals surface area contributed by atoms with Gasteiger partial charge in [0.25, 0.3) is 0 Å². The molecule has 0 fully saturated rings. The first-order valence-corrected chi connectivity index (χ1v) is 5.04. The molecule has 0 radical (unpaired) electrons. The first kappa shape index (κ1) is 13.1. The van der Waals surface area contributed by atoms with Gasteiger partial charge in [0.05, 0.1) is 13.0 Å². The van der Waals surface area contributed by atoms with Crippen molar-refractivity contribution in [2.24, 2.45) is 17.8 Å². The maximum absolute atomic E-state index is 11.1. The quantitative estimate of drug-likeness (QED) is 0.487. The standard InChI is InChI=1S/C11H20O3/c1-8(5-9(2)7-12)6-10(3)11(13)14-4/h7-10H,5-6H2,1-4H3/t8-,9+,10-/m0/s1. The molecule has 0 aliphatic heterocycles. The van der Waals surface area contributed by atoms with E-state index in [0.717, 1.165) is 19.1 Å². The summed E-state index contributed by atoms with van der Waals surface area (Å²) in [5, 5.41) is 0. The molecule has 0 saturated carbocycles. The highest BCUT2D eigenvalue weighted by Gasteiger charge is 2.17. The molecule has 0 bridgehead atoms. The fraction of sp³-hybridized carbons (Fsp3) is 0.818. The second-order valence-electron chi connectivity index (χ2n) is 4.11. The smallest absolute Gasteiger partial charge is 0.308 e. The first-order valence-electron chi connectivity index (χ1n) is 5.04. The zero-order valence-electron chi connectivity index (χ0n) is 9.45. The van der Waals surface area contributed by atoms with Crippen molar-refractivity contribution in [2.45, 2.75) is 33.6 Å². The van der Waals surface area contributed by atoms with Crippen LogP contribution in [0.25, 0.3) is 0 Å². The van der Waals surface area contributed by atoms with Crippen molar-refractivity contribution in [1.82, 2.24) is 0 Å². The van der Waals surface area contributed by atoms with Crippen LogP contribution in [-0.4, -0.2) is 19.4 Å². The summed E-state index contributed by atoms with van der Waals surface area (Å²) >= 11 is 0. The van der Waals surface area contributed by atoms with Gasteiger partial charge in [-0.3, -0.25) is 4.79 Å². The lowest BCUT2D eigenvalue weighted by molar-refractivity contribution is -0.145. The topological polar surface area (TPSA) is 43.4 Å². The predicted molar refractivity (Wildman–Crippen MR) is 54.8 cm³/mol. The van der Waals surface area contributed by atoms with E-state index in [1.54, 1.807) is 0 Å². The Bertz CT molecular complexity index is 189. The van der Waals surface area contributed by atoms with E-state index in [-0.39, 0.29) is 17.8 Å². The van der Waals surface area contributed by atoms with Crippen LogP contribution in [0, 0.1) is 17.8 Å². The molecule has 0 aromatic rings. The third-order valence-corrected chi connectivity index (χ3v) is 2.37. The third-order valence-electron chi connectivity index (χ3n) is 2.37. The maximum Gasteiger partial charge on any atom is 0.308 e. The van der Waals surface area contributed by atoms with Crippen LogP contribution in [0.2, 0.25) is 0 Å². The summed E-state index contributed by atoms with van der Waals surface area (Å²) in [6.07, 6.45) is 2.58. The van der Waals surface area contributed by atoms with Crippen molar-refractivity contribution in [3.05, 3.63) is 0 Å². The highest BCUT2D eigenvalue weighted by atomic mass is 16.5. The van der Waals surface area contributed by atoms with Gasteiger partial charge < -0.3 is 9.53 Å². The summed E-state index contributed by atoms with van der Waals surface area (Å²) in [4.78, 5) is 21.5. The molecule has 0 N–H and O–H groups in total. The van der Waals surface area contributed by atoms with E-state index in [4.69, 9.17) is 0 Å². The number of aldehydes is 1. The van der Waals surface area contributed by atoms with Crippen LogP contribution in [0.4, 0.5) is 0 Å². The molecule has 3 atom stereocenters. The lowest BCUT2D eigenvalue weighted by Gasteiger charge is -2.16. The number of carbonyl (C=O) groups is 2. The van der Waals surface area contributed by atoms with E-state index in [0.29, 0.717) is 5.92 Å². The van der Waals surface area contributed by atoms with Gasteiger partial charge in [0.2, 0.25) is 0 Å². The summed E-state index contributed by atoms with van der Waals surface area (Å²) < 4.78 is 4.64. The predicted octanol–water partition coefficient (Wildman–Crippen LogP) is 2.05. The second kappa shape index (κ2) is 6.57. The summed E-state index contributed by atoms with van der Waals surface area (Å²) in [7, 11) is 1.40. The Balaban J connectivity index is 3.87. The average Bonchev–Trinajstić information content (AvgIpc) is 2.15. The number of methoxy groups -OCH3 is 1. The summed E-state index contributed by atoms with van der Waals surface area (Å²) in [6, 6.07) is 0. The van der Waals surface area contributed by atoms with Gasteiger partial charge >= 0.3 is 5.97 Å². The number of carbonyl (C=O) groups excluding carboxylic acids is 2. The maximum atomic E-state index is 11.1. The fourth-order valence-electron chi connectivity index (χ4n) is 1.69. The monoisotopic (exact) mass is 200 g/mol. The molecule has 0 unspecified atom stereocenters. The fourth-order valence-corrected chi connectivity index (χ4v) is 1.69. The number of hydrogen-bond acceptors (Lipinski definition) is 3. The molecular weight excluding hydrogens is 180 g/mol. The molecule has 0 aliphatic carbocycles. The lowest BCUT2D eigenvalue weighted by atomic mass is 9.90. The molecule has 0 rings (SSSR count). The van der Waals surface area contributed by atoms with Crippen molar-refractivity contribution < 1.29 is 14.3 Å².